The van der Waals surface area contributed by atoms with Gasteiger partial charge >= 0.3 is 0 Å². The normalized spacial score (nSPS) is 18.0. The molecule has 1 atom stereocenters. The van der Waals surface area contributed by atoms with Crippen LogP contribution < -0.4 is 10.9 Å². The van der Waals surface area contributed by atoms with E-state index in [2.05, 4.69) is 15.5 Å². The molecule has 0 aliphatic carbocycles. The van der Waals surface area contributed by atoms with Crippen LogP contribution in [0.5, 0.6) is 0 Å². The molecule has 1 saturated heterocycles. The summed E-state index contributed by atoms with van der Waals surface area (Å²) in [5, 5.41) is 13.1. The Morgan fingerprint density at radius 3 is 3.08 bits per heavy atom. The van der Waals surface area contributed by atoms with Crippen LogP contribution in [0.1, 0.15) is 18.5 Å². The number of H-pyrrole nitrogens is 1. The van der Waals surface area contributed by atoms with Crippen LogP contribution >= 0.6 is 11.6 Å². The van der Waals surface area contributed by atoms with E-state index in [4.69, 9.17) is 16.3 Å². The van der Waals surface area contributed by atoms with Crippen molar-refractivity contribution in [2.24, 2.45) is 5.92 Å². The van der Waals surface area contributed by atoms with E-state index in [9.17, 15) is 4.79 Å². The Bertz CT molecular complexity index is 989. The molecule has 1 aromatic carbocycles. The molecular formula is C19H23ClN4O2. The first-order chi connectivity index (χ1) is 12.7. The number of rotatable bonds is 5. The number of aromatic amines is 1. The van der Waals surface area contributed by atoms with Crippen LogP contribution in [-0.2, 0) is 17.7 Å². The molecule has 2 aromatic heterocycles. The van der Waals surface area contributed by atoms with Crippen molar-refractivity contribution in [2.75, 3.05) is 26.8 Å². The summed E-state index contributed by atoms with van der Waals surface area (Å²) < 4.78 is 7.08. The van der Waals surface area contributed by atoms with Crippen molar-refractivity contribution in [1.82, 2.24) is 20.1 Å². The molecule has 0 bridgehead atoms. The fourth-order valence-corrected chi connectivity index (χ4v) is 4.06. The van der Waals surface area contributed by atoms with Gasteiger partial charge in [0.2, 0.25) is 0 Å². The third-order valence-corrected chi connectivity index (χ3v) is 5.44. The second-order valence-corrected chi connectivity index (χ2v) is 7.39. The van der Waals surface area contributed by atoms with Gasteiger partial charge in [0.1, 0.15) is 5.52 Å². The lowest BCUT2D eigenvalue weighted by Gasteiger charge is -2.24. The van der Waals surface area contributed by atoms with Gasteiger partial charge in [-0.2, -0.15) is 5.10 Å². The van der Waals surface area contributed by atoms with Crippen LogP contribution in [-0.4, -0.2) is 41.6 Å². The van der Waals surface area contributed by atoms with Crippen molar-refractivity contribution in [3.05, 3.63) is 39.3 Å². The van der Waals surface area contributed by atoms with Crippen molar-refractivity contribution in [2.45, 2.75) is 25.8 Å². The Morgan fingerprint density at radius 2 is 2.31 bits per heavy atom. The third kappa shape index (κ3) is 3.13. The third-order valence-electron chi connectivity index (χ3n) is 5.20. The van der Waals surface area contributed by atoms with Gasteiger partial charge in [0.15, 0.2) is 0 Å². The molecule has 6 nitrogen and oxygen atoms in total. The molecule has 3 heterocycles. The fraction of sp³-hybridized carbons (Fsp3) is 0.474. The van der Waals surface area contributed by atoms with Crippen LogP contribution in [0, 0.1) is 5.92 Å². The highest BCUT2D eigenvalue weighted by Gasteiger charge is 2.20. The highest BCUT2D eigenvalue weighted by molar-refractivity contribution is 6.31. The summed E-state index contributed by atoms with van der Waals surface area (Å²) in [5.74, 6) is 0.451. The Morgan fingerprint density at radius 1 is 1.42 bits per heavy atom. The fourth-order valence-electron chi connectivity index (χ4n) is 3.89. The first kappa shape index (κ1) is 17.5. The Hall–Kier alpha value is -1.89. The first-order valence-electron chi connectivity index (χ1n) is 9.07. The Labute approximate surface area is 156 Å². The van der Waals surface area contributed by atoms with Crippen LogP contribution in [0.2, 0.25) is 5.02 Å². The minimum Gasteiger partial charge on any atom is -0.384 e. The maximum absolute atomic E-state index is 13.4. The maximum Gasteiger partial charge on any atom is 0.262 e. The number of ether oxygens (including phenoxy) is 1. The smallest absolute Gasteiger partial charge is 0.262 e. The van der Waals surface area contributed by atoms with E-state index < -0.39 is 0 Å². The van der Waals surface area contributed by atoms with Gasteiger partial charge in [-0.05, 0) is 50.0 Å². The van der Waals surface area contributed by atoms with Crippen molar-refractivity contribution >= 4 is 33.4 Å². The summed E-state index contributed by atoms with van der Waals surface area (Å²) in [6.07, 6.45) is 2.91. The summed E-state index contributed by atoms with van der Waals surface area (Å²) in [6.45, 7) is 3.25. The molecule has 0 spiro atoms. The average Bonchev–Trinajstić information content (AvgIpc) is 3.08. The van der Waals surface area contributed by atoms with Gasteiger partial charge in [0.25, 0.3) is 5.56 Å². The second-order valence-electron chi connectivity index (χ2n) is 6.96. The molecule has 138 valence electrons. The molecule has 2 N–H and O–H groups in total. The second kappa shape index (κ2) is 7.39. The summed E-state index contributed by atoms with van der Waals surface area (Å²) in [4.78, 5) is 13.4. The predicted octanol–water partition coefficient (Wildman–Crippen LogP) is 2.72. The van der Waals surface area contributed by atoms with Crippen LogP contribution in [0.25, 0.3) is 21.8 Å². The van der Waals surface area contributed by atoms with E-state index in [1.54, 1.807) is 7.11 Å². The predicted molar refractivity (Wildman–Crippen MR) is 104 cm³/mol. The molecular weight excluding hydrogens is 352 g/mol. The molecule has 26 heavy (non-hydrogen) atoms. The number of piperidine rings is 1. The monoisotopic (exact) mass is 374 g/mol. The molecule has 1 fully saturated rings. The summed E-state index contributed by atoms with van der Waals surface area (Å²) in [6, 6.07) is 5.66. The number of aromatic nitrogens is 3. The van der Waals surface area contributed by atoms with Crippen molar-refractivity contribution in [3.63, 3.8) is 0 Å². The minimum atomic E-state index is 0.0141. The van der Waals surface area contributed by atoms with E-state index in [1.165, 1.54) is 0 Å². The van der Waals surface area contributed by atoms with Gasteiger partial charge in [-0.1, -0.05) is 11.6 Å². The number of nitrogens with zero attached hydrogens (tertiary/aromatic N) is 2. The number of benzene rings is 1. The Kier molecular flexibility index (Phi) is 4.98. The number of pyridine rings is 1. The van der Waals surface area contributed by atoms with E-state index in [-0.39, 0.29) is 5.56 Å². The molecule has 0 saturated carbocycles. The number of fused-ring (bicyclic) bond motifs is 3. The maximum atomic E-state index is 13.4. The highest BCUT2D eigenvalue weighted by atomic mass is 35.5. The van der Waals surface area contributed by atoms with Crippen molar-refractivity contribution in [1.29, 1.82) is 0 Å². The van der Waals surface area contributed by atoms with Crippen molar-refractivity contribution < 1.29 is 4.74 Å². The van der Waals surface area contributed by atoms with Gasteiger partial charge in [0.05, 0.1) is 23.2 Å². The van der Waals surface area contributed by atoms with Crippen LogP contribution in [0.4, 0.5) is 0 Å². The Balaban J connectivity index is 1.91. The zero-order chi connectivity index (χ0) is 18.1. The largest absolute Gasteiger partial charge is 0.384 e. The van der Waals surface area contributed by atoms with Crippen LogP contribution in [0.3, 0.4) is 0 Å². The number of halogens is 1. The molecule has 0 radical (unpaired) electrons. The summed E-state index contributed by atoms with van der Waals surface area (Å²) >= 11 is 6.24. The summed E-state index contributed by atoms with van der Waals surface area (Å²) in [7, 11) is 1.65. The lowest BCUT2D eigenvalue weighted by molar-refractivity contribution is 0.201. The molecule has 1 aliphatic heterocycles. The molecule has 3 aromatic rings. The molecule has 1 unspecified atom stereocenters. The molecule has 1 aliphatic rings. The lowest BCUT2D eigenvalue weighted by atomic mass is 9.99. The number of nitrogens with one attached hydrogen (secondary N) is 2. The van der Waals surface area contributed by atoms with E-state index >= 15 is 0 Å². The van der Waals surface area contributed by atoms with E-state index in [0.717, 1.165) is 42.5 Å². The standard InChI is InChI=1S/C19H23ClN4O2/c1-26-8-6-15-17-18(23-22-15)14-9-13(20)4-5-16(14)24(19(17)25)11-12-3-2-7-21-10-12/h4-5,9,12,21H,2-3,6-8,10-11H2,1H3,(H,22,23). The SMILES string of the molecule is COCCc1[nH]nc2c1c(=O)n(CC1CCCNC1)c1ccc(Cl)cc21. The minimum absolute atomic E-state index is 0.0141. The summed E-state index contributed by atoms with van der Waals surface area (Å²) in [5.41, 5.74) is 2.42. The van der Waals surface area contributed by atoms with Gasteiger partial charge in [0, 0.05) is 30.5 Å². The van der Waals surface area contributed by atoms with Gasteiger partial charge in [-0.15, -0.1) is 0 Å². The average molecular weight is 375 g/mol. The molecule has 4 rings (SSSR count). The van der Waals surface area contributed by atoms with E-state index in [0.29, 0.717) is 41.4 Å². The van der Waals surface area contributed by atoms with Crippen molar-refractivity contribution in [3.8, 4) is 0 Å². The molecule has 0 amide bonds. The first-order valence-corrected chi connectivity index (χ1v) is 9.45. The molecule has 7 heteroatoms. The zero-order valence-corrected chi connectivity index (χ0v) is 15.6. The lowest BCUT2D eigenvalue weighted by Crippen LogP contribution is -2.35. The number of hydrogen-bond donors (Lipinski definition) is 2. The number of methoxy groups -OCH3 is 1. The van der Waals surface area contributed by atoms with Gasteiger partial charge in [-0.25, -0.2) is 0 Å². The number of hydrogen-bond acceptors (Lipinski definition) is 4. The zero-order valence-electron chi connectivity index (χ0n) is 14.8. The highest BCUT2D eigenvalue weighted by Crippen LogP contribution is 2.27. The van der Waals surface area contributed by atoms with Gasteiger partial charge in [-0.3, -0.25) is 9.89 Å². The van der Waals surface area contributed by atoms with Crippen LogP contribution in [0.15, 0.2) is 23.0 Å². The van der Waals surface area contributed by atoms with Gasteiger partial charge < -0.3 is 14.6 Å². The quantitative estimate of drug-likeness (QED) is 0.720. The topological polar surface area (TPSA) is 71.9 Å². The van der Waals surface area contributed by atoms with E-state index in [1.807, 2.05) is 22.8 Å².